The van der Waals surface area contributed by atoms with Crippen molar-refractivity contribution in [2.24, 2.45) is 4.99 Å². The molecule has 0 aliphatic carbocycles. The lowest BCUT2D eigenvalue weighted by Crippen LogP contribution is -2.57. The van der Waals surface area contributed by atoms with E-state index in [9.17, 15) is 4.79 Å². The third-order valence-corrected chi connectivity index (χ3v) is 8.80. The molecule has 41 heavy (non-hydrogen) atoms. The van der Waals surface area contributed by atoms with Crippen LogP contribution < -0.4 is 4.90 Å². The molecule has 0 bridgehead atoms. The first kappa shape index (κ1) is 25.8. The van der Waals surface area contributed by atoms with E-state index in [0.29, 0.717) is 24.7 Å². The van der Waals surface area contributed by atoms with Gasteiger partial charge in [-0.05, 0) is 62.2 Å². The smallest absolute Gasteiger partial charge is 0.246 e. The van der Waals surface area contributed by atoms with Gasteiger partial charge >= 0.3 is 0 Å². The van der Waals surface area contributed by atoms with Gasteiger partial charge in [-0.25, -0.2) is 4.99 Å². The zero-order valence-electron chi connectivity index (χ0n) is 23.3. The second-order valence-corrected chi connectivity index (χ2v) is 11.4. The number of hydrogen-bond acceptors (Lipinski definition) is 6. The number of aryl methyl sites for hydroxylation is 1. The first-order valence-electron chi connectivity index (χ1n) is 13.9. The third-order valence-electron chi connectivity index (χ3n) is 8.49. The highest BCUT2D eigenvalue weighted by molar-refractivity contribution is 6.34. The zero-order chi connectivity index (χ0) is 28.4. The summed E-state index contributed by atoms with van der Waals surface area (Å²) in [5, 5.41) is 9.05. The van der Waals surface area contributed by atoms with Crippen LogP contribution in [0, 0.1) is 6.92 Å². The molecule has 8 nitrogen and oxygen atoms in total. The number of rotatable bonds is 2. The van der Waals surface area contributed by atoms with Crippen LogP contribution in [0.5, 0.6) is 0 Å². The molecule has 9 heteroatoms. The van der Waals surface area contributed by atoms with Crippen LogP contribution in [0.25, 0.3) is 22.0 Å². The fraction of sp³-hybridized carbons (Fsp3) is 0.281. The van der Waals surface area contributed by atoms with Gasteiger partial charge < -0.3 is 14.5 Å². The maximum atomic E-state index is 12.4. The summed E-state index contributed by atoms with van der Waals surface area (Å²) in [7, 11) is 0. The fourth-order valence-electron chi connectivity index (χ4n) is 6.44. The van der Waals surface area contributed by atoms with Crippen LogP contribution in [0.1, 0.15) is 36.6 Å². The molecule has 1 saturated heterocycles. The Kier molecular flexibility index (Phi) is 6.14. The molecule has 1 N–H and O–H groups in total. The first-order chi connectivity index (χ1) is 19.9. The van der Waals surface area contributed by atoms with Gasteiger partial charge in [0.15, 0.2) is 0 Å². The minimum Gasteiger partial charge on any atom is -0.350 e. The normalized spacial score (nSPS) is 21.7. The molecule has 0 spiro atoms. The van der Waals surface area contributed by atoms with Gasteiger partial charge in [-0.2, -0.15) is 5.10 Å². The van der Waals surface area contributed by atoms with Crippen molar-refractivity contribution in [2.45, 2.75) is 39.3 Å². The molecule has 4 aromatic rings. The summed E-state index contributed by atoms with van der Waals surface area (Å²) in [4.78, 5) is 23.9. The number of aliphatic imine (C=N–C) groups is 1. The van der Waals surface area contributed by atoms with Crippen LogP contribution in [0.3, 0.4) is 0 Å². The van der Waals surface area contributed by atoms with Crippen molar-refractivity contribution in [3.8, 4) is 11.1 Å². The number of carbonyl (C=O) groups excluding carboxylic acids is 1. The second kappa shape index (κ2) is 9.75. The molecule has 3 atom stereocenters. The van der Waals surface area contributed by atoms with Gasteiger partial charge in [-0.15, -0.1) is 0 Å². The summed E-state index contributed by atoms with van der Waals surface area (Å²) >= 11 is 7.14. The number of nitrogens with one attached hydrogen (secondary N) is 1. The number of hydrogen-bond donors (Lipinski definition) is 1. The van der Waals surface area contributed by atoms with Crippen molar-refractivity contribution >= 4 is 45.6 Å². The highest BCUT2D eigenvalue weighted by Crippen LogP contribution is 2.48. The van der Waals surface area contributed by atoms with E-state index >= 15 is 0 Å². The van der Waals surface area contributed by atoms with E-state index in [-0.39, 0.29) is 18.1 Å². The van der Waals surface area contributed by atoms with Crippen molar-refractivity contribution in [3.63, 3.8) is 0 Å². The monoisotopic (exact) mass is 566 g/mol. The number of nitrogens with zero attached hydrogens (tertiary/aromatic N) is 5. The highest BCUT2D eigenvalue weighted by atomic mass is 35.5. The van der Waals surface area contributed by atoms with Crippen molar-refractivity contribution in [3.05, 3.63) is 89.1 Å². The molecule has 7 rings (SSSR count). The summed E-state index contributed by atoms with van der Waals surface area (Å²) in [5.74, 6) is 0.781. The molecule has 3 aromatic carbocycles. The van der Waals surface area contributed by atoms with Crippen LogP contribution in [-0.4, -0.2) is 63.8 Å². The number of carbonyl (C=O) groups is 1. The van der Waals surface area contributed by atoms with Gasteiger partial charge in [-0.3, -0.25) is 14.8 Å². The lowest BCUT2D eigenvalue weighted by molar-refractivity contribution is -0.128. The first-order valence-corrected chi connectivity index (χ1v) is 14.3. The largest absolute Gasteiger partial charge is 0.350 e. The SMILES string of the molecule is C=CC(=O)N1CCN(C2=NC3OC(C)c4ccccc4N3c3cc(-c4c(C)ccc5[nH]ncc45)c(Cl)cc32)[C@@H](C)C1. The minimum absolute atomic E-state index is 0.0412. The summed E-state index contributed by atoms with van der Waals surface area (Å²) in [5.41, 5.74) is 8.16. The van der Waals surface area contributed by atoms with E-state index in [1.54, 1.807) is 0 Å². The number of benzene rings is 3. The van der Waals surface area contributed by atoms with Crippen LogP contribution in [0.2, 0.25) is 5.02 Å². The third kappa shape index (κ3) is 4.04. The Balaban J connectivity index is 1.42. The molecule has 1 amide bonds. The number of halogens is 1. The molecule has 3 aliphatic heterocycles. The Morgan fingerprint density at radius 3 is 2.76 bits per heavy atom. The van der Waals surface area contributed by atoms with E-state index in [1.807, 2.05) is 29.3 Å². The van der Waals surface area contributed by atoms with Crippen LogP contribution in [0.15, 0.2) is 72.4 Å². The summed E-state index contributed by atoms with van der Waals surface area (Å²) in [6.45, 7) is 11.8. The number of aromatic nitrogens is 2. The Bertz CT molecular complexity index is 1750. The van der Waals surface area contributed by atoms with E-state index in [0.717, 1.165) is 55.9 Å². The standard InChI is InChI=1S/C32H31ClN6O2/c1-5-29(40)37-12-13-38(19(3)17-37)31-23-14-25(33)22(30-18(2)10-11-26-24(30)16-34-36-26)15-28(23)39-27-9-7-6-8-21(27)20(4)41-32(39)35-31/h5-11,14-16,19-20,32H,1,12-13,17H2,2-4H3,(H,34,36)/t19-,20?,32?/m0/s1. The Morgan fingerprint density at radius 1 is 1.12 bits per heavy atom. The lowest BCUT2D eigenvalue weighted by atomic mass is 9.93. The Hall–Kier alpha value is -4.14. The quantitative estimate of drug-likeness (QED) is 0.293. The fourth-order valence-corrected chi connectivity index (χ4v) is 6.70. The topological polar surface area (TPSA) is 77.1 Å². The summed E-state index contributed by atoms with van der Waals surface area (Å²) in [6.07, 6.45) is 2.58. The zero-order valence-corrected chi connectivity index (χ0v) is 24.0. The van der Waals surface area contributed by atoms with E-state index in [4.69, 9.17) is 21.3 Å². The van der Waals surface area contributed by atoms with Crippen molar-refractivity contribution in [1.29, 1.82) is 0 Å². The van der Waals surface area contributed by atoms with Gasteiger partial charge in [0, 0.05) is 52.8 Å². The predicted molar refractivity (Wildman–Crippen MR) is 163 cm³/mol. The number of amidine groups is 1. The molecule has 3 aliphatic rings. The molecule has 2 unspecified atom stereocenters. The number of anilines is 2. The number of aromatic amines is 1. The second-order valence-electron chi connectivity index (χ2n) is 11.0. The average Bonchev–Trinajstić information content (AvgIpc) is 3.45. The lowest BCUT2D eigenvalue weighted by Gasteiger charge is -2.47. The highest BCUT2D eigenvalue weighted by Gasteiger charge is 2.40. The van der Waals surface area contributed by atoms with Gasteiger partial charge in [0.25, 0.3) is 0 Å². The predicted octanol–water partition coefficient (Wildman–Crippen LogP) is 6.18. The van der Waals surface area contributed by atoms with Gasteiger partial charge in [0.2, 0.25) is 12.3 Å². The van der Waals surface area contributed by atoms with Gasteiger partial charge in [0.05, 0.1) is 29.2 Å². The van der Waals surface area contributed by atoms with E-state index < -0.39 is 6.35 Å². The number of piperazine rings is 1. The summed E-state index contributed by atoms with van der Waals surface area (Å²) < 4.78 is 6.55. The van der Waals surface area contributed by atoms with Crippen molar-refractivity contribution < 1.29 is 9.53 Å². The number of fused-ring (bicyclic) bond motifs is 6. The number of ether oxygens (including phenoxy) is 1. The maximum Gasteiger partial charge on any atom is 0.246 e. The number of H-pyrrole nitrogens is 1. The molecule has 1 fully saturated rings. The van der Waals surface area contributed by atoms with Crippen molar-refractivity contribution in [1.82, 2.24) is 20.0 Å². The molecule has 208 valence electrons. The number of para-hydroxylation sites is 1. The average molecular weight is 567 g/mol. The van der Waals surface area contributed by atoms with E-state index in [2.05, 4.69) is 77.7 Å². The summed E-state index contributed by atoms with van der Waals surface area (Å²) in [6, 6.07) is 16.7. The van der Waals surface area contributed by atoms with Gasteiger partial charge in [0.1, 0.15) is 5.84 Å². The van der Waals surface area contributed by atoms with Crippen LogP contribution >= 0.6 is 11.6 Å². The molecular weight excluding hydrogens is 536 g/mol. The molecule has 0 saturated carbocycles. The van der Waals surface area contributed by atoms with Crippen LogP contribution in [0.4, 0.5) is 11.4 Å². The maximum absolute atomic E-state index is 12.4. The van der Waals surface area contributed by atoms with E-state index in [1.165, 1.54) is 6.08 Å². The van der Waals surface area contributed by atoms with Crippen LogP contribution in [-0.2, 0) is 9.53 Å². The molecular formula is C32H31ClN6O2. The Labute approximate surface area is 243 Å². The Morgan fingerprint density at radius 2 is 1.95 bits per heavy atom. The number of amides is 1. The van der Waals surface area contributed by atoms with Crippen molar-refractivity contribution in [2.75, 3.05) is 24.5 Å². The molecule has 1 aromatic heterocycles. The minimum atomic E-state index is -0.540. The molecule has 0 radical (unpaired) electrons. The van der Waals surface area contributed by atoms with Gasteiger partial charge in [-0.1, -0.05) is 42.4 Å². The molecule has 4 heterocycles.